The summed E-state index contributed by atoms with van der Waals surface area (Å²) in [6.45, 7) is 6.91. The van der Waals surface area contributed by atoms with Crippen LogP contribution >= 0.6 is 0 Å². The van der Waals surface area contributed by atoms with Gasteiger partial charge in [0.15, 0.2) is 0 Å². The van der Waals surface area contributed by atoms with E-state index in [2.05, 4.69) is 72.5 Å². The number of aromatic nitrogens is 1. The van der Waals surface area contributed by atoms with Gasteiger partial charge in [0, 0.05) is 32.0 Å². The van der Waals surface area contributed by atoms with Gasteiger partial charge in [-0.1, -0.05) is 36.8 Å². The third-order valence-electron chi connectivity index (χ3n) is 3.34. The summed E-state index contributed by atoms with van der Waals surface area (Å²) in [5.41, 5.74) is 4.91. The molecule has 2 aromatic rings. The largest absolute Gasteiger partial charge is 0.370 e. The lowest BCUT2D eigenvalue weighted by atomic mass is 10.1. The van der Waals surface area contributed by atoms with Gasteiger partial charge in [0.1, 0.15) is 0 Å². The third kappa shape index (κ3) is 4.07. The van der Waals surface area contributed by atoms with Crippen LogP contribution in [0.4, 0.5) is 5.69 Å². The van der Waals surface area contributed by atoms with E-state index in [9.17, 15) is 0 Å². The van der Waals surface area contributed by atoms with E-state index in [0.717, 1.165) is 25.3 Å². The van der Waals surface area contributed by atoms with Crippen molar-refractivity contribution in [3.8, 4) is 0 Å². The van der Waals surface area contributed by atoms with Gasteiger partial charge in [-0.2, -0.15) is 0 Å². The van der Waals surface area contributed by atoms with Crippen molar-refractivity contribution < 1.29 is 0 Å². The van der Waals surface area contributed by atoms with E-state index in [0.29, 0.717) is 0 Å². The Balaban J connectivity index is 2.04. The Morgan fingerprint density at radius 1 is 1.15 bits per heavy atom. The maximum atomic E-state index is 4.39. The molecular formula is C17H23N3. The number of aryl methyl sites for hydroxylation is 1. The molecule has 0 atom stereocenters. The van der Waals surface area contributed by atoms with Crippen LogP contribution in [-0.2, 0) is 13.1 Å². The van der Waals surface area contributed by atoms with Crippen molar-refractivity contribution >= 4 is 5.69 Å². The van der Waals surface area contributed by atoms with Crippen molar-refractivity contribution in [1.29, 1.82) is 0 Å². The van der Waals surface area contributed by atoms with Gasteiger partial charge in [0.05, 0.1) is 5.69 Å². The molecule has 1 N–H and O–H groups in total. The normalized spacial score (nSPS) is 10.6. The molecule has 1 heterocycles. The van der Waals surface area contributed by atoms with Crippen LogP contribution in [-0.4, -0.2) is 18.6 Å². The molecule has 1 aromatic heterocycles. The number of hydrogen-bond donors (Lipinski definition) is 1. The predicted octanol–water partition coefficient (Wildman–Crippen LogP) is 3.14. The monoisotopic (exact) mass is 269 g/mol. The van der Waals surface area contributed by atoms with E-state index in [1.807, 2.05) is 6.20 Å². The minimum Gasteiger partial charge on any atom is -0.370 e. The van der Waals surface area contributed by atoms with Crippen LogP contribution in [0.15, 0.2) is 42.6 Å². The SMILES string of the molecule is CCNCc1cc(N(C)Cc2ccc(C)cc2)ccn1. The lowest BCUT2D eigenvalue weighted by molar-refractivity contribution is 0.710. The summed E-state index contributed by atoms with van der Waals surface area (Å²) in [7, 11) is 2.12. The van der Waals surface area contributed by atoms with Crippen LogP contribution in [0.5, 0.6) is 0 Å². The zero-order valence-corrected chi connectivity index (χ0v) is 12.6. The molecule has 2 rings (SSSR count). The quantitative estimate of drug-likeness (QED) is 0.873. The molecule has 20 heavy (non-hydrogen) atoms. The van der Waals surface area contributed by atoms with Crippen LogP contribution in [0.1, 0.15) is 23.7 Å². The van der Waals surface area contributed by atoms with Gasteiger partial charge in [0.25, 0.3) is 0 Å². The van der Waals surface area contributed by atoms with Crippen molar-refractivity contribution in [1.82, 2.24) is 10.3 Å². The Hall–Kier alpha value is -1.87. The highest BCUT2D eigenvalue weighted by Crippen LogP contribution is 2.16. The van der Waals surface area contributed by atoms with Gasteiger partial charge >= 0.3 is 0 Å². The van der Waals surface area contributed by atoms with Crippen molar-refractivity contribution in [2.75, 3.05) is 18.5 Å². The zero-order chi connectivity index (χ0) is 14.4. The van der Waals surface area contributed by atoms with Crippen molar-refractivity contribution in [2.24, 2.45) is 0 Å². The summed E-state index contributed by atoms with van der Waals surface area (Å²) in [5, 5.41) is 3.31. The summed E-state index contributed by atoms with van der Waals surface area (Å²) in [6, 6.07) is 12.9. The smallest absolute Gasteiger partial charge is 0.0562 e. The fourth-order valence-electron chi connectivity index (χ4n) is 2.11. The lowest BCUT2D eigenvalue weighted by Gasteiger charge is -2.20. The molecule has 0 aliphatic heterocycles. The average molecular weight is 269 g/mol. The predicted molar refractivity (Wildman–Crippen MR) is 84.9 cm³/mol. The first kappa shape index (κ1) is 14.5. The molecule has 3 nitrogen and oxygen atoms in total. The molecule has 0 saturated heterocycles. The third-order valence-corrected chi connectivity index (χ3v) is 3.34. The summed E-state index contributed by atoms with van der Waals surface area (Å²) < 4.78 is 0. The molecule has 0 saturated carbocycles. The molecule has 0 amide bonds. The summed E-state index contributed by atoms with van der Waals surface area (Å²) in [6.07, 6.45) is 1.88. The maximum Gasteiger partial charge on any atom is 0.0562 e. The highest BCUT2D eigenvalue weighted by atomic mass is 15.1. The summed E-state index contributed by atoms with van der Waals surface area (Å²) in [4.78, 5) is 6.64. The van der Waals surface area contributed by atoms with Gasteiger partial charge in [-0.3, -0.25) is 4.98 Å². The van der Waals surface area contributed by atoms with Crippen LogP contribution in [0.3, 0.4) is 0 Å². The standard InChI is InChI=1S/C17H23N3/c1-4-18-12-16-11-17(9-10-19-16)20(3)13-15-7-5-14(2)6-8-15/h5-11,18H,4,12-13H2,1-3H3. The number of hydrogen-bond acceptors (Lipinski definition) is 3. The minimum absolute atomic E-state index is 0.822. The zero-order valence-electron chi connectivity index (χ0n) is 12.6. The lowest BCUT2D eigenvalue weighted by Crippen LogP contribution is -2.18. The summed E-state index contributed by atoms with van der Waals surface area (Å²) >= 11 is 0. The molecule has 0 unspecified atom stereocenters. The number of nitrogens with one attached hydrogen (secondary N) is 1. The highest BCUT2D eigenvalue weighted by Gasteiger charge is 2.04. The van der Waals surface area contributed by atoms with E-state index in [4.69, 9.17) is 0 Å². The molecule has 0 aliphatic carbocycles. The second-order valence-electron chi connectivity index (χ2n) is 5.13. The minimum atomic E-state index is 0.822. The molecule has 3 heteroatoms. The van der Waals surface area contributed by atoms with Crippen LogP contribution in [0.2, 0.25) is 0 Å². The Morgan fingerprint density at radius 3 is 2.60 bits per heavy atom. The van der Waals surface area contributed by atoms with Gasteiger partial charge < -0.3 is 10.2 Å². The fraction of sp³-hybridized carbons (Fsp3) is 0.353. The van der Waals surface area contributed by atoms with Crippen molar-refractivity contribution in [2.45, 2.75) is 26.9 Å². The van der Waals surface area contributed by atoms with Crippen molar-refractivity contribution in [3.05, 3.63) is 59.4 Å². The highest BCUT2D eigenvalue weighted by molar-refractivity contribution is 5.46. The molecular weight excluding hydrogens is 246 g/mol. The van der Waals surface area contributed by atoms with E-state index in [1.54, 1.807) is 0 Å². The Bertz CT molecular complexity index is 534. The maximum absolute atomic E-state index is 4.39. The van der Waals surface area contributed by atoms with Crippen LogP contribution < -0.4 is 10.2 Å². The first-order valence-corrected chi connectivity index (χ1v) is 7.11. The van der Waals surface area contributed by atoms with Gasteiger partial charge in [-0.05, 0) is 31.2 Å². The van der Waals surface area contributed by atoms with E-state index in [-0.39, 0.29) is 0 Å². The molecule has 0 fully saturated rings. The molecule has 0 spiro atoms. The second-order valence-corrected chi connectivity index (χ2v) is 5.13. The number of rotatable bonds is 6. The Morgan fingerprint density at radius 2 is 1.90 bits per heavy atom. The van der Waals surface area contributed by atoms with E-state index >= 15 is 0 Å². The number of nitrogens with zero attached hydrogens (tertiary/aromatic N) is 2. The summed E-state index contributed by atoms with van der Waals surface area (Å²) in [5.74, 6) is 0. The van der Waals surface area contributed by atoms with Gasteiger partial charge in [0.2, 0.25) is 0 Å². The van der Waals surface area contributed by atoms with Crippen molar-refractivity contribution in [3.63, 3.8) is 0 Å². The average Bonchev–Trinajstić information content (AvgIpc) is 2.48. The number of pyridine rings is 1. The van der Waals surface area contributed by atoms with Gasteiger partial charge in [-0.25, -0.2) is 0 Å². The Kier molecular flexibility index (Phi) is 5.13. The molecule has 0 aliphatic rings. The fourth-order valence-corrected chi connectivity index (χ4v) is 2.11. The van der Waals surface area contributed by atoms with Crippen LogP contribution in [0, 0.1) is 6.92 Å². The Labute approximate surface area is 121 Å². The number of benzene rings is 1. The van der Waals surface area contributed by atoms with E-state index in [1.165, 1.54) is 16.8 Å². The molecule has 1 aromatic carbocycles. The van der Waals surface area contributed by atoms with E-state index < -0.39 is 0 Å². The second kappa shape index (κ2) is 7.06. The first-order chi connectivity index (χ1) is 9.69. The molecule has 0 bridgehead atoms. The number of anilines is 1. The first-order valence-electron chi connectivity index (χ1n) is 7.11. The van der Waals surface area contributed by atoms with Crippen LogP contribution in [0.25, 0.3) is 0 Å². The topological polar surface area (TPSA) is 28.2 Å². The van der Waals surface area contributed by atoms with Gasteiger partial charge in [-0.15, -0.1) is 0 Å². The molecule has 0 radical (unpaired) electrons. The molecule has 106 valence electrons.